The molecule has 4 nitrogen and oxygen atoms in total. The van der Waals surface area contributed by atoms with Crippen LogP contribution in [-0.4, -0.2) is 11.0 Å². The van der Waals surface area contributed by atoms with Gasteiger partial charge in [-0.25, -0.2) is 4.79 Å². The molecule has 0 aliphatic carbocycles. The monoisotopic (exact) mass is 212 g/mol. The van der Waals surface area contributed by atoms with Crippen LogP contribution >= 0.6 is 0 Å². The highest BCUT2D eigenvalue weighted by Gasteiger charge is 2.13. The Balaban J connectivity index is 2.44. The van der Waals surface area contributed by atoms with Gasteiger partial charge in [0, 0.05) is 12.4 Å². The van der Waals surface area contributed by atoms with Gasteiger partial charge in [-0.3, -0.25) is 9.88 Å². The first-order chi connectivity index (χ1) is 7.79. The van der Waals surface area contributed by atoms with Gasteiger partial charge >= 0.3 is 6.03 Å². The summed E-state index contributed by atoms with van der Waals surface area (Å²) in [7, 11) is 0. The molecule has 4 heteroatoms. The number of rotatable bonds is 2. The van der Waals surface area contributed by atoms with Crippen LogP contribution in [0.4, 0.5) is 16.2 Å². The number of carbonyl (C=O) groups is 1. The molecule has 0 aliphatic heterocycles. The molecule has 1 aromatic heterocycles. The van der Waals surface area contributed by atoms with Gasteiger partial charge in [0.05, 0.1) is 11.4 Å². The maximum Gasteiger partial charge on any atom is 0.323 e. The molecule has 0 aliphatic rings. The van der Waals surface area contributed by atoms with Crippen molar-refractivity contribution in [2.45, 2.75) is 0 Å². The van der Waals surface area contributed by atoms with E-state index in [0.29, 0.717) is 11.4 Å². The van der Waals surface area contributed by atoms with Crippen LogP contribution in [0, 0.1) is 6.07 Å². The zero-order chi connectivity index (χ0) is 11.4. The van der Waals surface area contributed by atoms with Gasteiger partial charge in [0.1, 0.15) is 0 Å². The lowest BCUT2D eigenvalue weighted by Crippen LogP contribution is -2.31. The van der Waals surface area contributed by atoms with Crippen molar-refractivity contribution in [2.75, 3.05) is 4.90 Å². The second kappa shape index (κ2) is 4.44. The fourth-order valence-corrected chi connectivity index (χ4v) is 1.42. The van der Waals surface area contributed by atoms with Crippen molar-refractivity contribution in [3.05, 3.63) is 54.9 Å². The number of amides is 2. The predicted octanol–water partition coefficient (Wildman–Crippen LogP) is 2.10. The Kier molecular flexibility index (Phi) is 2.82. The third kappa shape index (κ3) is 2.00. The molecular formula is C12H10N3O. The van der Waals surface area contributed by atoms with Crippen molar-refractivity contribution in [1.29, 1.82) is 0 Å². The van der Waals surface area contributed by atoms with E-state index < -0.39 is 6.03 Å². The van der Waals surface area contributed by atoms with Gasteiger partial charge in [-0.15, -0.1) is 0 Å². The number of pyridine rings is 1. The summed E-state index contributed by atoms with van der Waals surface area (Å²) in [6, 6.07) is 12.8. The zero-order valence-corrected chi connectivity index (χ0v) is 8.50. The minimum absolute atomic E-state index is 0.530. The molecule has 0 unspecified atom stereocenters. The van der Waals surface area contributed by atoms with Crippen LogP contribution < -0.4 is 10.6 Å². The van der Waals surface area contributed by atoms with E-state index in [-0.39, 0.29) is 0 Å². The first kappa shape index (κ1) is 10.2. The van der Waals surface area contributed by atoms with Crippen LogP contribution in [0.1, 0.15) is 0 Å². The van der Waals surface area contributed by atoms with E-state index in [0.717, 1.165) is 0 Å². The number of nitrogens with zero attached hydrogens (tertiary/aromatic N) is 2. The standard InChI is InChI=1S/C12H10N3O/c13-12(16)15(10-4-2-1-3-5-10)11-6-8-14-9-7-11/h2-9H,(H2,13,16). The van der Waals surface area contributed by atoms with E-state index >= 15 is 0 Å². The molecule has 2 N–H and O–H groups in total. The Bertz CT molecular complexity index is 431. The molecule has 1 aromatic carbocycles. The lowest BCUT2D eigenvalue weighted by atomic mass is 10.2. The molecule has 0 fully saturated rings. The number of nitrogens with two attached hydrogens (primary N) is 1. The van der Waals surface area contributed by atoms with Crippen LogP contribution in [0.5, 0.6) is 0 Å². The molecule has 1 heterocycles. The normalized spacial score (nSPS) is 9.75. The molecule has 2 aromatic rings. The second-order valence-corrected chi connectivity index (χ2v) is 3.14. The van der Waals surface area contributed by atoms with E-state index in [1.807, 2.05) is 0 Å². The molecule has 0 saturated heterocycles. The second-order valence-electron chi connectivity index (χ2n) is 3.14. The Morgan fingerprint density at radius 2 is 1.69 bits per heavy atom. The number of anilines is 2. The fraction of sp³-hybridized carbons (Fsp3) is 0. The number of primary amides is 1. The average Bonchev–Trinajstić information content (AvgIpc) is 2.31. The van der Waals surface area contributed by atoms with Gasteiger partial charge in [-0.05, 0) is 30.3 Å². The van der Waals surface area contributed by atoms with Crippen molar-refractivity contribution in [1.82, 2.24) is 4.98 Å². The summed E-state index contributed by atoms with van der Waals surface area (Å²) in [6.45, 7) is 0. The fourth-order valence-electron chi connectivity index (χ4n) is 1.42. The predicted molar refractivity (Wildman–Crippen MR) is 61.2 cm³/mol. The summed E-state index contributed by atoms with van der Waals surface area (Å²) in [5.41, 5.74) is 6.75. The molecular weight excluding hydrogens is 202 g/mol. The maximum atomic E-state index is 11.4. The van der Waals surface area contributed by atoms with Gasteiger partial charge in [0.2, 0.25) is 0 Å². The third-order valence-corrected chi connectivity index (χ3v) is 2.10. The van der Waals surface area contributed by atoms with Crippen molar-refractivity contribution in [3.63, 3.8) is 0 Å². The highest BCUT2D eigenvalue weighted by molar-refractivity contribution is 5.98. The van der Waals surface area contributed by atoms with Gasteiger partial charge in [-0.2, -0.15) is 0 Å². The smallest absolute Gasteiger partial charge is 0.323 e. The molecule has 16 heavy (non-hydrogen) atoms. The topological polar surface area (TPSA) is 59.2 Å². The zero-order valence-electron chi connectivity index (χ0n) is 8.50. The van der Waals surface area contributed by atoms with Crippen LogP contribution in [0.15, 0.2) is 48.8 Å². The van der Waals surface area contributed by atoms with E-state index in [9.17, 15) is 4.79 Å². The van der Waals surface area contributed by atoms with Gasteiger partial charge in [-0.1, -0.05) is 12.1 Å². The highest BCUT2D eigenvalue weighted by atomic mass is 16.2. The van der Waals surface area contributed by atoms with Crippen molar-refractivity contribution in [3.8, 4) is 0 Å². The molecule has 0 bridgehead atoms. The number of carbonyl (C=O) groups excluding carboxylic acids is 1. The third-order valence-electron chi connectivity index (χ3n) is 2.10. The molecule has 0 spiro atoms. The summed E-state index contributed by atoms with van der Waals surface area (Å²) in [5, 5.41) is 0. The number of aromatic nitrogens is 1. The summed E-state index contributed by atoms with van der Waals surface area (Å²) >= 11 is 0. The van der Waals surface area contributed by atoms with Gasteiger partial charge in [0.15, 0.2) is 0 Å². The van der Waals surface area contributed by atoms with E-state index in [1.54, 1.807) is 48.8 Å². The molecule has 79 valence electrons. The van der Waals surface area contributed by atoms with Gasteiger partial charge < -0.3 is 5.73 Å². The lowest BCUT2D eigenvalue weighted by Gasteiger charge is -2.19. The lowest BCUT2D eigenvalue weighted by molar-refractivity contribution is 0.256. The van der Waals surface area contributed by atoms with E-state index in [2.05, 4.69) is 11.1 Å². The Morgan fingerprint density at radius 1 is 1.12 bits per heavy atom. The SMILES string of the molecule is NC(=O)N(c1cc[c]cc1)c1ccncc1. The average molecular weight is 212 g/mol. The largest absolute Gasteiger partial charge is 0.351 e. The summed E-state index contributed by atoms with van der Waals surface area (Å²) in [6.07, 6.45) is 3.22. The summed E-state index contributed by atoms with van der Waals surface area (Å²) < 4.78 is 0. The quantitative estimate of drug-likeness (QED) is 0.828. The molecule has 0 atom stereocenters. The van der Waals surface area contributed by atoms with E-state index in [1.165, 1.54) is 4.90 Å². The molecule has 1 radical (unpaired) electrons. The number of hydrogen-bond donors (Lipinski definition) is 1. The molecule has 0 saturated carbocycles. The van der Waals surface area contributed by atoms with Crippen molar-refractivity contribution < 1.29 is 4.79 Å². The van der Waals surface area contributed by atoms with Gasteiger partial charge in [0.25, 0.3) is 0 Å². The van der Waals surface area contributed by atoms with Crippen LogP contribution in [0.3, 0.4) is 0 Å². The minimum atomic E-state index is -0.530. The number of benzene rings is 1. The number of hydrogen-bond acceptors (Lipinski definition) is 2. The Morgan fingerprint density at radius 3 is 2.25 bits per heavy atom. The maximum absolute atomic E-state index is 11.4. The van der Waals surface area contributed by atoms with Crippen LogP contribution in [-0.2, 0) is 0 Å². The van der Waals surface area contributed by atoms with Crippen LogP contribution in [0.2, 0.25) is 0 Å². The first-order valence-corrected chi connectivity index (χ1v) is 4.75. The first-order valence-electron chi connectivity index (χ1n) is 4.75. The summed E-state index contributed by atoms with van der Waals surface area (Å²) in [4.78, 5) is 16.7. The van der Waals surface area contributed by atoms with Crippen molar-refractivity contribution in [2.24, 2.45) is 5.73 Å². The molecule has 2 amide bonds. The van der Waals surface area contributed by atoms with E-state index in [4.69, 9.17) is 5.73 Å². The van der Waals surface area contributed by atoms with Crippen molar-refractivity contribution >= 4 is 17.4 Å². The van der Waals surface area contributed by atoms with Crippen LogP contribution in [0.25, 0.3) is 0 Å². The highest BCUT2D eigenvalue weighted by Crippen LogP contribution is 2.23. The summed E-state index contributed by atoms with van der Waals surface area (Å²) in [5.74, 6) is 0. The molecule has 2 rings (SSSR count). The Hall–Kier alpha value is -2.36. The minimum Gasteiger partial charge on any atom is -0.351 e. The Labute approximate surface area is 93.3 Å². The number of urea groups is 1.